The predicted molar refractivity (Wildman–Crippen MR) is 66.5 cm³/mol. The zero-order valence-corrected chi connectivity index (χ0v) is 10.4. The van der Waals surface area contributed by atoms with E-state index in [4.69, 9.17) is 10.2 Å². The second-order valence-electron chi connectivity index (χ2n) is 4.53. The highest BCUT2D eigenvalue weighted by Gasteiger charge is 2.29. The second-order valence-corrected chi connectivity index (χ2v) is 4.53. The number of anilines is 1. The average molecular weight is 248 g/mol. The van der Waals surface area contributed by atoms with Crippen LogP contribution in [0.15, 0.2) is 35.3 Å². The number of furan rings is 1. The molecule has 0 bridgehead atoms. The van der Waals surface area contributed by atoms with Gasteiger partial charge in [-0.3, -0.25) is 4.79 Å². The molecule has 0 aromatic carbocycles. The smallest absolute Gasteiger partial charge is 0.246 e. The molecule has 6 heteroatoms. The molecular formula is C12H16N4O2. The minimum Gasteiger partial charge on any atom is -0.467 e. The van der Waals surface area contributed by atoms with Crippen LogP contribution >= 0.6 is 0 Å². The van der Waals surface area contributed by atoms with Gasteiger partial charge in [0.05, 0.1) is 19.1 Å². The molecule has 0 spiro atoms. The first-order valence-electron chi connectivity index (χ1n) is 5.61. The number of aromatic nitrogens is 2. The van der Waals surface area contributed by atoms with Crippen molar-refractivity contribution >= 4 is 11.7 Å². The number of carbonyl (C=O) groups is 1. The molecule has 0 unspecified atom stereocenters. The van der Waals surface area contributed by atoms with Crippen LogP contribution in [0.3, 0.4) is 0 Å². The molecule has 18 heavy (non-hydrogen) atoms. The van der Waals surface area contributed by atoms with Gasteiger partial charge in [0.25, 0.3) is 0 Å². The summed E-state index contributed by atoms with van der Waals surface area (Å²) < 4.78 is 6.83. The van der Waals surface area contributed by atoms with Crippen LogP contribution in [-0.2, 0) is 16.9 Å². The zero-order chi connectivity index (χ0) is 13.2. The van der Waals surface area contributed by atoms with Gasteiger partial charge in [-0.05, 0) is 26.0 Å². The normalized spacial score (nSPS) is 11.4. The number of hydrogen-bond donors (Lipinski definition) is 2. The molecule has 0 radical (unpaired) electrons. The van der Waals surface area contributed by atoms with Crippen LogP contribution in [0, 0.1) is 0 Å². The number of hydrogen-bond acceptors (Lipinski definition) is 4. The third-order valence-corrected chi connectivity index (χ3v) is 2.81. The number of nitrogens with one attached hydrogen (secondary N) is 1. The topological polar surface area (TPSA) is 86.1 Å². The Morgan fingerprint density at radius 3 is 2.94 bits per heavy atom. The van der Waals surface area contributed by atoms with Crippen LogP contribution in [0.5, 0.6) is 0 Å². The summed E-state index contributed by atoms with van der Waals surface area (Å²) in [5.41, 5.74) is 4.80. The number of nitrogens with zero attached hydrogens (tertiary/aromatic N) is 2. The SMILES string of the molecule is CC(C)(C(=O)NCc1ccco1)n1cnc(N)c1. The Hall–Kier alpha value is -2.24. The fourth-order valence-electron chi connectivity index (χ4n) is 1.56. The van der Waals surface area contributed by atoms with Gasteiger partial charge in [-0.15, -0.1) is 0 Å². The van der Waals surface area contributed by atoms with Gasteiger partial charge in [-0.1, -0.05) is 0 Å². The second kappa shape index (κ2) is 4.56. The van der Waals surface area contributed by atoms with E-state index in [1.807, 2.05) is 6.07 Å². The number of rotatable bonds is 4. The van der Waals surface area contributed by atoms with Gasteiger partial charge in [0.1, 0.15) is 17.1 Å². The molecule has 0 aliphatic carbocycles. The molecule has 2 aromatic rings. The number of imidazole rings is 1. The maximum atomic E-state index is 12.1. The molecule has 3 N–H and O–H groups in total. The Labute approximate surface area is 105 Å². The minimum atomic E-state index is -0.753. The maximum absolute atomic E-state index is 12.1. The standard InChI is InChI=1S/C12H16N4O2/c1-12(2,16-7-10(13)15-8-16)11(17)14-6-9-4-3-5-18-9/h3-5,7-8H,6,13H2,1-2H3,(H,14,17). The highest BCUT2D eigenvalue weighted by Crippen LogP contribution is 2.16. The molecule has 96 valence electrons. The number of nitrogens with two attached hydrogens (primary N) is 1. The minimum absolute atomic E-state index is 0.128. The van der Waals surface area contributed by atoms with Crippen molar-refractivity contribution in [2.75, 3.05) is 5.73 Å². The number of amides is 1. The van der Waals surface area contributed by atoms with E-state index < -0.39 is 5.54 Å². The third-order valence-electron chi connectivity index (χ3n) is 2.81. The Morgan fingerprint density at radius 2 is 2.39 bits per heavy atom. The van der Waals surface area contributed by atoms with Gasteiger partial charge >= 0.3 is 0 Å². The molecule has 0 saturated heterocycles. The van der Waals surface area contributed by atoms with Gasteiger partial charge < -0.3 is 20.0 Å². The lowest BCUT2D eigenvalue weighted by Gasteiger charge is -2.24. The van der Waals surface area contributed by atoms with Crippen LogP contribution in [0.2, 0.25) is 0 Å². The van der Waals surface area contributed by atoms with E-state index >= 15 is 0 Å². The van der Waals surface area contributed by atoms with E-state index in [2.05, 4.69) is 10.3 Å². The molecule has 2 aromatic heterocycles. The highest BCUT2D eigenvalue weighted by molar-refractivity contribution is 5.83. The van der Waals surface area contributed by atoms with Crippen molar-refractivity contribution in [2.45, 2.75) is 25.9 Å². The van der Waals surface area contributed by atoms with Gasteiger partial charge in [-0.2, -0.15) is 0 Å². The molecule has 2 rings (SSSR count). The summed E-state index contributed by atoms with van der Waals surface area (Å²) in [4.78, 5) is 16.0. The van der Waals surface area contributed by atoms with E-state index in [9.17, 15) is 4.79 Å². The highest BCUT2D eigenvalue weighted by atomic mass is 16.3. The Bertz CT molecular complexity index is 528. The predicted octanol–water partition coefficient (Wildman–Crippen LogP) is 1.11. The van der Waals surface area contributed by atoms with E-state index in [0.717, 1.165) is 0 Å². The van der Waals surface area contributed by atoms with Crippen LogP contribution in [0.4, 0.5) is 5.82 Å². The molecule has 0 aliphatic rings. The Kier molecular flexibility index (Phi) is 3.10. The number of carbonyl (C=O) groups excluding carboxylic acids is 1. The van der Waals surface area contributed by atoms with Crippen molar-refractivity contribution in [3.05, 3.63) is 36.7 Å². The van der Waals surface area contributed by atoms with Crippen LogP contribution in [0.1, 0.15) is 19.6 Å². The molecule has 0 saturated carbocycles. The van der Waals surface area contributed by atoms with Crippen molar-refractivity contribution in [1.29, 1.82) is 0 Å². The average Bonchev–Trinajstić information content (AvgIpc) is 2.96. The fourth-order valence-corrected chi connectivity index (χ4v) is 1.56. The fraction of sp³-hybridized carbons (Fsp3) is 0.333. The molecule has 0 atom stereocenters. The van der Waals surface area contributed by atoms with E-state index in [1.54, 1.807) is 43.3 Å². The molecule has 0 aliphatic heterocycles. The summed E-state index contributed by atoms with van der Waals surface area (Å²) in [6.07, 6.45) is 4.75. The quantitative estimate of drug-likeness (QED) is 0.848. The largest absolute Gasteiger partial charge is 0.467 e. The monoisotopic (exact) mass is 248 g/mol. The summed E-state index contributed by atoms with van der Waals surface area (Å²) in [6, 6.07) is 3.59. The summed E-state index contributed by atoms with van der Waals surface area (Å²) >= 11 is 0. The van der Waals surface area contributed by atoms with Crippen molar-refractivity contribution in [3.63, 3.8) is 0 Å². The van der Waals surface area contributed by atoms with Crippen LogP contribution in [-0.4, -0.2) is 15.5 Å². The first-order valence-corrected chi connectivity index (χ1v) is 5.61. The van der Waals surface area contributed by atoms with Gasteiger partial charge in [-0.25, -0.2) is 4.98 Å². The van der Waals surface area contributed by atoms with E-state index in [0.29, 0.717) is 18.1 Å². The van der Waals surface area contributed by atoms with Crippen molar-refractivity contribution < 1.29 is 9.21 Å². The molecule has 2 heterocycles. The van der Waals surface area contributed by atoms with E-state index in [1.165, 1.54) is 0 Å². The van der Waals surface area contributed by atoms with Gasteiger partial charge in [0.15, 0.2) is 0 Å². The summed E-state index contributed by atoms with van der Waals surface area (Å²) in [6.45, 7) is 3.95. The Morgan fingerprint density at radius 1 is 1.61 bits per heavy atom. The molecule has 0 fully saturated rings. The first kappa shape index (κ1) is 12.2. The Balaban J connectivity index is 2.03. The van der Waals surface area contributed by atoms with Gasteiger partial charge in [0, 0.05) is 6.20 Å². The van der Waals surface area contributed by atoms with Crippen molar-refractivity contribution in [2.24, 2.45) is 0 Å². The molecule has 1 amide bonds. The van der Waals surface area contributed by atoms with Crippen molar-refractivity contribution in [3.8, 4) is 0 Å². The third kappa shape index (κ3) is 2.37. The lowest BCUT2D eigenvalue weighted by Crippen LogP contribution is -2.43. The number of nitrogen functional groups attached to an aromatic ring is 1. The molecular weight excluding hydrogens is 232 g/mol. The maximum Gasteiger partial charge on any atom is 0.246 e. The summed E-state index contributed by atoms with van der Waals surface area (Å²) in [5.74, 6) is 0.975. The van der Waals surface area contributed by atoms with Crippen LogP contribution in [0.25, 0.3) is 0 Å². The van der Waals surface area contributed by atoms with E-state index in [-0.39, 0.29) is 5.91 Å². The summed E-state index contributed by atoms with van der Waals surface area (Å²) in [5, 5.41) is 2.81. The zero-order valence-electron chi connectivity index (χ0n) is 10.4. The molecule has 6 nitrogen and oxygen atoms in total. The van der Waals surface area contributed by atoms with Crippen molar-refractivity contribution in [1.82, 2.24) is 14.9 Å². The lowest BCUT2D eigenvalue weighted by molar-refractivity contribution is -0.128. The first-order chi connectivity index (χ1) is 8.50. The van der Waals surface area contributed by atoms with Crippen LogP contribution < -0.4 is 11.1 Å². The lowest BCUT2D eigenvalue weighted by atomic mass is 10.0. The van der Waals surface area contributed by atoms with Gasteiger partial charge in [0.2, 0.25) is 5.91 Å². The summed E-state index contributed by atoms with van der Waals surface area (Å²) in [7, 11) is 0.